The first-order valence-electron chi connectivity index (χ1n) is 21.4. The van der Waals surface area contributed by atoms with Crippen molar-refractivity contribution in [2.75, 3.05) is 32.8 Å². The number of aromatic nitrogens is 4. The van der Waals surface area contributed by atoms with Gasteiger partial charge in [-0.1, -0.05) is 115 Å². The summed E-state index contributed by atoms with van der Waals surface area (Å²) in [4.78, 5) is 14.3. The number of rotatable bonds is 17. The maximum Gasteiger partial charge on any atom is 0.187 e. The van der Waals surface area contributed by atoms with E-state index in [9.17, 15) is 15.3 Å². The monoisotopic (exact) mass is 881 g/mol. The summed E-state index contributed by atoms with van der Waals surface area (Å²) in [6.45, 7) is 0.214. The van der Waals surface area contributed by atoms with Crippen LogP contribution in [0.2, 0.25) is 0 Å². The number of ether oxygens (including phenoxy) is 7. The molecule has 8 atom stereocenters. The fourth-order valence-electron chi connectivity index (χ4n) is 8.49. The first-order valence-corrected chi connectivity index (χ1v) is 21.4. The zero-order valence-electron chi connectivity index (χ0n) is 35.9. The minimum absolute atomic E-state index is 0.0261. The summed E-state index contributed by atoms with van der Waals surface area (Å²) in [5.74, 6) is 1.82. The molecule has 2 saturated heterocycles. The molecule has 0 saturated carbocycles. The average molecular weight is 882 g/mol. The average Bonchev–Trinajstić information content (AvgIpc) is 3.93. The van der Waals surface area contributed by atoms with Gasteiger partial charge in [0.05, 0.1) is 47.0 Å². The van der Waals surface area contributed by atoms with Crippen LogP contribution in [0.1, 0.15) is 34.0 Å². The molecular formula is C50H51N5O10. The summed E-state index contributed by atoms with van der Waals surface area (Å²) in [5.41, 5.74) is 4.27. The molecule has 15 heteroatoms. The van der Waals surface area contributed by atoms with Gasteiger partial charge >= 0.3 is 0 Å². The van der Waals surface area contributed by atoms with Gasteiger partial charge in [-0.25, -0.2) is 15.0 Å². The molecule has 336 valence electrons. The number of anilines is 1. The number of imidazole rings is 1. The maximum absolute atomic E-state index is 12.3. The van der Waals surface area contributed by atoms with Crippen LogP contribution in [-0.4, -0.2) is 105 Å². The molecule has 0 bridgehead atoms. The minimum atomic E-state index is -1.33. The lowest BCUT2D eigenvalue weighted by Gasteiger charge is -2.39. The highest BCUT2D eigenvalue weighted by Crippen LogP contribution is 2.43. The first kappa shape index (κ1) is 44.0. The highest BCUT2D eigenvalue weighted by atomic mass is 16.7. The van der Waals surface area contributed by atoms with Crippen molar-refractivity contribution in [2.45, 2.75) is 67.9 Å². The highest BCUT2D eigenvalue weighted by Gasteiger charge is 2.50. The third-order valence-electron chi connectivity index (χ3n) is 11.9. The zero-order chi connectivity index (χ0) is 44.8. The van der Waals surface area contributed by atoms with E-state index >= 15 is 0 Å². The molecule has 65 heavy (non-hydrogen) atoms. The van der Waals surface area contributed by atoms with Crippen LogP contribution in [0.5, 0.6) is 11.5 Å². The summed E-state index contributed by atoms with van der Waals surface area (Å²) in [6, 6.07) is 44.9. The van der Waals surface area contributed by atoms with Crippen molar-refractivity contribution in [1.29, 1.82) is 0 Å². The Labute approximate surface area is 376 Å². The van der Waals surface area contributed by atoms with Gasteiger partial charge in [0.2, 0.25) is 0 Å². The van der Waals surface area contributed by atoms with E-state index in [-0.39, 0.29) is 26.4 Å². The number of aliphatic hydroxyl groups is 3. The van der Waals surface area contributed by atoms with Crippen LogP contribution >= 0.6 is 0 Å². The molecule has 0 spiro atoms. The number of hydrogen-bond acceptors (Lipinski definition) is 14. The standard InChI is InChI=1S/C50H51N5O10/c1-59-37-22-18-35(19-23-37)50(34-16-10-5-11-17-34,36-20-24-38(60-2)25-21-36)54-46-41-47(52-30-51-46)55(31-53-41)48-43(58)44(40(64-48)29-61-26-32-12-6-3-7-13-32)65-49-45(42(57)39(56)28-63-49)62-27-33-14-8-4-9-15-33/h3-25,30-31,39-40,42-45,48-49,56-58H,26-29H2,1-2H3,(H,51,52,54)/t39-,40-,42+,43-,44-,45-,48-,49+/m1/s1. The maximum atomic E-state index is 12.3. The number of aliphatic hydroxyl groups excluding tert-OH is 3. The molecular weight excluding hydrogens is 831 g/mol. The summed E-state index contributed by atoms with van der Waals surface area (Å²) < 4.78 is 44.2. The quantitative estimate of drug-likeness (QED) is 0.0810. The molecule has 0 radical (unpaired) electrons. The second-order valence-electron chi connectivity index (χ2n) is 15.9. The Hall–Kier alpha value is -6.27. The molecule has 2 aromatic heterocycles. The third kappa shape index (κ3) is 9.18. The van der Waals surface area contributed by atoms with Gasteiger partial charge in [-0.2, -0.15) is 0 Å². The Kier molecular flexibility index (Phi) is 13.4. The van der Waals surface area contributed by atoms with Crippen molar-refractivity contribution in [3.63, 3.8) is 0 Å². The van der Waals surface area contributed by atoms with Gasteiger partial charge in [-0.3, -0.25) is 4.57 Å². The van der Waals surface area contributed by atoms with Gasteiger partial charge in [0.1, 0.15) is 60.0 Å². The Balaban J connectivity index is 1.06. The van der Waals surface area contributed by atoms with Crippen LogP contribution < -0.4 is 14.8 Å². The van der Waals surface area contributed by atoms with Crippen molar-refractivity contribution in [1.82, 2.24) is 19.5 Å². The van der Waals surface area contributed by atoms with E-state index in [0.717, 1.165) is 27.8 Å². The van der Waals surface area contributed by atoms with E-state index in [1.807, 2.05) is 140 Å². The number of hydrogen-bond donors (Lipinski definition) is 4. The molecule has 0 unspecified atom stereocenters. The Morgan fingerprint density at radius 2 is 1.26 bits per heavy atom. The summed E-state index contributed by atoms with van der Waals surface area (Å²) in [6.07, 6.45) is -6.13. The topological polar surface area (TPSA) is 181 Å². The predicted octanol–water partition coefficient (Wildman–Crippen LogP) is 5.77. The van der Waals surface area contributed by atoms with Crippen LogP contribution in [0, 0.1) is 0 Å². The number of nitrogens with one attached hydrogen (secondary N) is 1. The zero-order valence-corrected chi connectivity index (χ0v) is 35.9. The predicted molar refractivity (Wildman–Crippen MR) is 239 cm³/mol. The van der Waals surface area contributed by atoms with Gasteiger partial charge in [-0.15, -0.1) is 0 Å². The molecule has 2 aliphatic rings. The lowest BCUT2D eigenvalue weighted by atomic mass is 9.77. The third-order valence-corrected chi connectivity index (χ3v) is 11.9. The number of nitrogens with zero attached hydrogens (tertiary/aromatic N) is 4. The number of methoxy groups -OCH3 is 2. The Bertz CT molecular complexity index is 2540. The van der Waals surface area contributed by atoms with Crippen LogP contribution in [0.15, 0.2) is 152 Å². The van der Waals surface area contributed by atoms with Crippen LogP contribution in [-0.2, 0) is 42.4 Å². The van der Waals surface area contributed by atoms with Crippen LogP contribution in [0.3, 0.4) is 0 Å². The normalized spacial score (nSPS) is 23.3. The lowest BCUT2D eigenvalue weighted by molar-refractivity contribution is -0.303. The van der Waals surface area contributed by atoms with Crippen molar-refractivity contribution in [3.05, 3.63) is 180 Å². The molecule has 4 N–H and O–H groups in total. The van der Waals surface area contributed by atoms with Crippen LogP contribution in [0.4, 0.5) is 5.82 Å². The molecule has 9 rings (SSSR count). The van der Waals surface area contributed by atoms with Crippen molar-refractivity contribution < 1.29 is 48.5 Å². The second-order valence-corrected chi connectivity index (χ2v) is 15.9. The van der Waals surface area contributed by atoms with E-state index in [1.54, 1.807) is 25.1 Å². The van der Waals surface area contributed by atoms with E-state index in [4.69, 9.17) is 43.1 Å². The van der Waals surface area contributed by atoms with Crippen molar-refractivity contribution >= 4 is 17.0 Å². The van der Waals surface area contributed by atoms with Crippen LogP contribution in [0.25, 0.3) is 11.2 Å². The van der Waals surface area contributed by atoms with Crippen molar-refractivity contribution in [3.8, 4) is 11.5 Å². The first-order chi connectivity index (χ1) is 31.9. The van der Waals surface area contributed by atoms with Gasteiger partial charge in [0, 0.05) is 0 Å². The van der Waals surface area contributed by atoms with Gasteiger partial charge < -0.3 is 53.8 Å². The van der Waals surface area contributed by atoms with E-state index in [1.165, 1.54) is 6.33 Å². The molecule has 2 fully saturated rings. The lowest BCUT2D eigenvalue weighted by Crippen LogP contribution is -2.57. The second kappa shape index (κ2) is 19.9. The molecule has 0 aliphatic carbocycles. The minimum Gasteiger partial charge on any atom is -0.497 e. The molecule has 0 amide bonds. The smallest absolute Gasteiger partial charge is 0.187 e. The van der Waals surface area contributed by atoms with Gasteiger partial charge in [0.15, 0.2) is 29.5 Å². The molecule has 5 aromatic carbocycles. The highest BCUT2D eigenvalue weighted by molar-refractivity contribution is 5.84. The summed E-state index contributed by atoms with van der Waals surface area (Å²) >= 11 is 0. The fraction of sp³-hybridized carbons (Fsp3) is 0.300. The van der Waals surface area contributed by atoms with Gasteiger partial charge in [-0.05, 0) is 52.1 Å². The largest absolute Gasteiger partial charge is 0.497 e. The number of fused-ring (bicyclic) bond motifs is 1. The van der Waals surface area contributed by atoms with E-state index in [2.05, 4.69) is 10.3 Å². The number of benzene rings is 5. The van der Waals surface area contributed by atoms with E-state index < -0.39 is 54.7 Å². The van der Waals surface area contributed by atoms with E-state index in [0.29, 0.717) is 28.5 Å². The molecule has 7 aromatic rings. The summed E-state index contributed by atoms with van der Waals surface area (Å²) in [5, 5.41) is 37.8. The summed E-state index contributed by atoms with van der Waals surface area (Å²) in [7, 11) is 3.26. The molecule has 15 nitrogen and oxygen atoms in total. The van der Waals surface area contributed by atoms with Gasteiger partial charge in [0.25, 0.3) is 0 Å². The Morgan fingerprint density at radius 1 is 0.677 bits per heavy atom. The fourth-order valence-corrected chi connectivity index (χ4v) is 8.49. The Morgan fingerprint density at radius 3 is 1.88 bits per heavy atom. The SMILES string of the molecule is COc1ccc(C(Nc2ncnc3c2ncn3[C@@H]2O[C@H](COCc3ccccc3)[C@@H](O[C@@H]3OC[C@@H](O)[C@H](O)[C@H]3OCc3ccccc3)[C@H]2O)(c2ccccc2)c2ccc(OC)cc2)cc1. The molecule has 2 aliphatic heterocycles. The van der Waals surface area contributed by atoms with Crippen molar-refractivity contribution in [2.24, 2.45) is 0 Å². The molecule has 4 heterocycles.